The van der Waals surface area contributed by atoms with Crippen molar-refractivity contribution in [2.75, 3.05) is 12.3 Å². The van der Waals surface area contributed by atoms with E-state index >= 15 is 0 Å². The number of nitrogen functional groups attached to an aromatic ring is 1. The summed E-state index contributed by atoms with van der Waals surface area (Å²) in [5, 5.41) is 0. The molecule has 0 saturated heterocycles. The third-order valence-corrected chi connectivity index (χ3v) is 3.83. The molecule has 0 radical (unpaired) electrons. The van der Waals surface area contributed by atoms with Gasteiger partial charge in [0.15, 0.2) is 0 Å². The van der Waals surface area contributed by atoms with Crippen LogP contribution in [0.2, 0.25) is 0 Å². The molecular weight excluding hydrogens is 236 g/mol. The second-order valence-electron chi connectivity index (χ2n) is 5.26. The van der Waals surface area contributed by atoms with Crippen molar-refractivity contribution in [3.8, 4) is 0 Å². The first-order valence-electron chi connectivity index (χ1n) is 6.91. The summed E-state index contributed by atoms with van der Waals surface area (Å²) >= 11 is 0. The lowest BCUT2D eigenvalue weighted by Gasteiger charge is -2.28. The van der Waals surface area contributed by atoms with Crippen molar-refractivity contribution in [3.05, 3.63) is 42.0 Å². The summed E-state index contributed by atoms with van der Waals surface area (Å²) in [4.78, 5) is 14.6. The van der Waals surface area contributed by atoms with Gasteiger partial charge in [0.05, 0.1) is 0 Å². The Labute approximate surface area is 115 Å². The molecule has 1 aliphatic rings. The van der Waals surface area contributed by atoms with Crippen LogP contribution in [-0.2, 0) is 0 Å². The van der Waals surface area contributed by atoms with Gasteiger partial charge in [-0.15, -0.1) is 6.58 Å². The molecule has 0 unspecified atom stereocenters. The number of nitrogens with zero attached hydrogens (tertiary/aromatic N) is 1. The SMILES string of the molecule is C=CCN(C(=O)c1ccc(N)cc1C)C1CCCC1. The zero-order valence-electron chi connectivity index (χ0n) is 11.6. The Bertz CT molecular complexity index is 476. The highest BCUT2D eigenvalue weighted by atomic mass is 16.2. The third-order valence-electron chi connectivity index (χ3n) is 3.83. The first-order valence-corrected chi connectivity index (χ1v) is 6.91. The van der Waals surface area contributed by atoms with Crippen LogP contribution in [-0.4, -0.2) is 23.4 Å². The molecule has 19 heavy (non-hydrogen) atoms. The minimum absolute atomic E-state index is 0.101. The summed E-state index contributed by atoms with van der Waals surface area (Å²) in [6.45, 7) is 6.32. The highest BCUT2D eigenvalue weighted by Crippen LogP contribution is 2.26. The van der Waals surface area contributed by atoms with E-state index in [1.807, 2.05) is 30.0 Å². The predicted octanol–water partition coefficient (Wildman–Crippen LogP) is 3.15. The van der Waals surface area contributed by atoms with Crippen LogP contribution in [0, 0.1) is 6.92 Å². The van der Waals surface area contributed by atoms with Crippen molar-refractivity contribution in [2.45, 2.75) is 38.6 Å². The molecule has 102 valence electrons. The van der Waals surface area contributed by atoms with Crippen LogP contribution in [0.15, 0.2) is 30.9 Å². The monoisotopic (exact) mass is 258 g/mol. The van der Waals surface area contributed by atoms with E-state index in [0.29, 0.717) is 18.3 Å². The molecule has 0 aromatic heterocycles. The van der Waals surface area contributed by atoms with Gasteiger partial charge in [0.1, 0.15) is 0 Å². The van der Waals surface area contributed by atoms with E-state index in [4.69, 9.17) is 5.73 Å². The first kappa shape index (κ1) is 13.7. The van der Waals surface area contributed by atoms with Gasteiger partial charge in [-0.05, 0) is 43.5 Å². The highest BCUT2D eigenvalue weighted by Gasteiger charge is 2.27. The molecule has 0 atom stereocenters. The maximum Gasteiger partial charge on any atom is 0.254 e. The van der Waals surface area contributed by atoms with Gasteiger partial charge >= 0.3 is 0 Å². The number of rotatable bonds is 4. The number of carbonyl (C=O) groups excluding carboxylic acids is 1. The number of aryl methyl sites for hydroxylation is 1. The molecule has 0 heterocycles. The lowest BCUT2D eigenvalue weighted by molar-refractivity contribution is 0.0706. The fourth-order valence-corrected chi connectivity index (χ4v) is 2.83. The summed E-state index contributed by atoms with van der Waals surface area (Å²) in [5.41, 5.74) is 8.14. The van der Waals surface area contributed by atoms with Crippen LogP contribution in [0.5, 0.6) is 0 Å². The summed E-state index contributed by atoms with van der Waals surface area (Å²) in [6, 6.07) is 5.84. The Morgan fingerprint density at radius 3 is 2.74 bits per heavy atom. The molecule has 1 fully saturated rings. The fraction of sp³-hybridized carbons (Fsp3) is 0.438. The summed E-state index contributed by atoms with van der Waals surface area (Å²) in [5.74, 6) is 0.101. The highest BCUT2D eigenvalue weighted by molar-refractivity contribution is 5.96. The number of amides is 1. The molecule has 2 N–H and O–H groups in total. The van der Waals surface area contributed by atoms with E-state index < -0.39 is 0 Å². The van der Waals surface area contributed by atoms with Gasteiger partial charge in [-0.3, -0.25) is 4.79 Å². The largest absolute Gasteiger partial charge is 0.399 e. The number of nitrogens with two attached hydrogens (primary N) is 1. The molecule has 1 aliphatic carbocycles. The minimum Gasteiger partial charge on any atom is -0.399 e. The molecule has 2 rings (SSSR count). The molecule has 3 nitrogen and oxygen atoms in total. The standard InChI is InChI=1S/C16H22N2O/c1-3-10-18(14-6-4-5-7-14)16(19)15-9-8-13(17)11-12(15)2/h3,8-9,11,14H,1,4-7,10,17H2,2H3. The van der Waals surface area contributed by atoms with Crippen LogP contribution in [0.1, 0.15) is 41.6 Å². The van der Waals surface area contributed by atoms with Crippen molar-refractivity contribution >= 4 is 11.6 Å². The average molecular weight is 258 g/mol. The van der Waals surface area contributed by atoms with Gasteiger partial charge in [-0.2, -0.15) is 0 Å². The number of carbonyl (C=O) groups is 1. The maximum atomic E-state index is 12.7. The van der Waals surface area contributed by atoms with E-state index in [-0.39, 0.29) is 5.91 Å². The zero-order valence-corrected chi connectivity index (χ0v) is 11.6. The minimum atomic E-state index is 0.101. The van der Waals surface area contributed by atoms with Crippen LogP contribution in [0.25, 0.3) is 0 Å². The van der Waals surface area contributed by atoms with Crippen LogP contribution < -0.4 is 5.73 Å². The van der Waals surface area contributed by atoms with E-state index in [0.717, 1.165) is 24.0 Å². The third kappa shape index (κ3) is 2.98. The smallest absolute Gasteiger partial charge is 0.254 e. The van der Waals surface area contributed by atoms with Gasteiger partial charge < -0.3 is 10.6 Å². The van der Waals surface area contributed by atoms with Crippen molar-refractivity contribution in [2.24, 2.45) is 0 Å². The predicted molar refractivity (Wildman–Crippen MR) is 79.1 cm³/mol. The number of hydrogen-bond acceptors (Lipinski definition) is 2. The van der Waals surface area contributed by atoms with E-state index in [1.54, 1.807) is 6.07 Å². The summed E-state index contributed by atoms with van der Waals surface area (Å²) in [7, 11) is 0. The molecule has 1 aromatic carbocycles. The van der Waals surface area contributed by atoms with Gasteiger partial charge in [-0.25, -0.2) is 0 Å². The normalized spacial score (nSPS) is 15.4. The number of benzene rings is 1. The van der Waals surface area contributed by atoms with Crippen molar-refractivity contribution in [1.29, 1.82) is 0 Å². The molecule has 1 saturated carbocycles. The van der Waals surface area contributed by atoms with Crippen molar-refractivity contribution in [1.82, 2.24) is 4.90 Å². The Morgan fingerprint density at radius 1 is 1.47 bits per heavy atom. The fourth-order valence-electron chi connectivity index (χ4n) is 2.83. The second-order valence-corrected chi connectivity index (χ2v) is 5.26. The van der Waals surface area contributed by atoms with Gasteiger partial charge in [-0.1, -0.05) is 18.9 Å². The number of anilines is 1. The maximum absolute atomic E-state index is 12.7. The molecule has 3 heteroatoms. The molecule has 0 aliphatic heterocycles. The van der Waals surface area contributed by atoms with E-state index in [2.05, 4.69) is 6.58 Å². The molecule has 0 bridgehead atoms. The summed E-state index contributed by atoms with van der Waals surface area (Å²) in [6.07, 6.45) is 6.45. The Hall–Kier alpha value is -1.77. The van der Waals surface area contributed by atoms with Crippen molar-refractivity contribution in [3.63, 3.8) is 0 Å². The van der Waals surface area contributed by atoms with Crippen LogP contribution >= 0.6 is 0 Å². The summed E-state index contributed by atoms with van der Waals surface area (Å²) < 4.78 is 0. The number of hydrogen-bond donors (Lipinski definition) is 1. The molecule has 1 amide bonds. The van der Waals surface area contributed by atoms with Gasteiger partial charge in [0, 0.05) is 23.8 Å². The first-order chi connectivity index (χ1) is 9.13. The Kier molecular flexibility index (Phi) is 4.25. The van der Waals surface area contributed by atoms with E-state index in [1.165, 1.54) is 12.8 Å². The quantitative estimate of drug-likeness (QED) is 0.666. The van der Waals surface area contributed by atoms with Gasteiger partial charge in [0.2, 0.25) is 0 Å². The van der Waals surface area contributed by atoms with Crippen LogP contribution in [0.3, 0.4) is 0 Å². The lowest BCUT2D eigenvalue weighted by atomic mass is 10.1. The van der Waals surface area contributed by atoms with E-state index in [9.17, 15) is 4.79 Å². The molecular formula is C16H22N2O. The molecule has 1 aromatic rings. The Balaban J connectivity index is 2.25. The second kappa shape index (κ2) is 5.91. The zero-order chi connectivity index (χ0) is 13.8. The average Bonchev–Trinajstić information content (AvgIpc) is 2.89. The van der Waals surface area contributed by atoms with Gasteiger partial charge in [0.25, 0.3) is 5.91 Å². The lowest BCUT2D eigenvalue weighted by Crippen LogP contribution is -2.39. The molecule has 0 spiro atoms. The topological polar surface area (TPSA) is 46.3 Å². The van der Waals surface area contributed by atoms with Crippen LogP contribution in [0.4, 0.5) is 5.69 Å². The Morgan fingerprint density at radius 2 is 2.16 bits per heavy atom. The van der Waals surface area contributed by atoms with Crippen molar-refractivity contribution < 1.29 is 4.79 Å².